The summed E-state index contributed by atoms with van der Waals surface area (Å²) in [6.45, 7) is 1.50. The van der Waals surface area contributed by atoms with Crippen LogP contribution in [-0.2, 0) is 0 Å². The number of nitrogens with one attached hydrogen (secondary N) is 1. The van der Waals surface area contributed by atoms with Crippen LogP contribution in [0.25, 0.3) is 21.5 Å². The Morgan fingerprint density at radius 2 is 2.21 bits per heavy atom. The number of nitrogens with zero attached hydrogens (tertiary/aromatic N) is 3. The summed E-state index contributed by atoms with van der Waals surface area (Å²) in [5, 5.41) is 4.36. The Morgan fingerprint density at radius 3 is 2.88 bits per heavy atom. The standard InChI is InChI=1S/C16H14ClN5OS/c1-7(23)14-12(18)11-13(8-4-5-19-10(17)6-8)21-16(20-9-2-3-9)22-15(11)24-14/h4-6,9H,2-3,18H2,1H3,(H,20,21,22). The van der Waals surface area contributed by atoms with E-state index in [0.29, 0.717) is 43.6 Å². The van der Waals surface area contributed by atoms with Gasteiger partial charge in [0.05, 0.1) is 21.6 Å². The Morgan fingerprint density at radius 1 is 1.42 bits per heavy atom. The number of rotatable bonds is 4. The van der Waals surface area contributed by atoms with Crippen LogP contribution in [0.3, 0.4) is 0 Å². The number of aromatic nitrogens is 3. The zero-order valence-corrected chi connectivity index (χ0v) is 14.4. The van der Waals surface area contributed by atoms with Gasteiger partial charge in [-0.05, 0) is 25.0 Å². The monoisotopic (exact) mass is 359 g/mol. The van der Waals surface area contributed by atoms with Gasteiger partial charge in [0.1, 0.15) is 9.98 Å². The van der Waals surface area contributed by atoms with Crippen LogP contribution in [0.5, 0.6) is 0 Å². The molecule has 1 aliphatic rings. The molecule has 8 heteroatoms. The molecule has 3 aromatic rings. The zero-order chi connectivity index (χ0) is 16.8. The highest BCUT2D eigenvalue weighted by Crippen LogP contribution is 2.39. The van der Waals surface area contributed by atoms with E-state index in [-0.39, 0.29) is 5.78 Å². The lowest BCUT2D eigenvalue weighted by Gasteiger charge is -2.08. The molecule has 4 rings (SSSR count). The van der Waals surface area contributed by atoms with Crippen LogP contribution >= 0.6 is 22.9 Å². The molecule has 3 aromatic heterocycles. The number of nitrogens with two attached hydrogens (primary N) is 1. The van der Waals surface area contributed by atoms with Gasteiger partial charge in [-0.25, -0.2) is 15.0 Å². The molecule has 6 nitrogen and oxygen atoms in total. The lowest BCUT2D eigenvalue weighted by Crippen LogP contribution is -2.06. The van der Waals surface area contributed by atoms with Crippen molar-refractivity contribution in [1.29, 1.82) is 0 Å². The van der Waals surface area contributed by atoms with Gasteiger partial charge in [-0.3, -0.25) is 4.79 Å². The first kappa shape index (κ1) is 15.3. The molecule has 0 radical (unpaired) electrons. The van der Waals surface area contributed by atoms with E-state index in [1.165, 1.54) is 18.3 Å². The molecule has 0 aliphatic heterocycles. The van der Waals surface area contributed by atoms with E-state index in [2.05, 4.69) is 20.3 Å². The van der Waals surface area contributed by atoms with E-state index >= 15 is 0 Å². The number of nitrogen functional groups attached to an aromatic ring is 1. The second kappa shape index (κ2) is 5.68. The molecular formula is C16H14ClN5OS. The summed E-state index contributed by atoms with van der Waals surface area (Å²) < 4.78 is 0. The van der Waals surface area contributed by atoms with Crippen molar-refractivity contribution in [3.8, 4) is 11.3 Å². The summed E-state index contributed by atoms with van der Waals surface area (Å²) in [6.07, 6.45) is 3.85. The number of carbonyl (C=O) groups excluding carboxylic acids is 1. The topological polar surface area (TPSA) is 93.8 Å². The Balaban J connectivity index is 1.98. The number of Topliss-reactive ketones (excluding diaryl/α,β-unsaturated/α-hetero) is 1. The first-order valence-corrected chi connectivity index (χ1v) is 8.72. The summed E-state index contributed by atoms with van der Waals surface area (Å²) in [5.74, 6) is 0.468. The van der Waals surface area contributed by atoms with Crippen LogP contribution in [0, 0.1) is 0 Å². The van der Waals surface area contributed by atoms with Gasteiger partial charge in [0, 0.05) is 24.7 Å². The highest BCUT2D eigenvalue weighted by atomic mass is 35.5. The fourth-order valence-corrected chi connectivity index (χ4v) is 3.68. The van der Waals surface area contributed by atoms with E-state index in [4.69, 9.17) is 17.3 Å². The second-order valence-electron chi connectivity index (χ2n) is 5.76. The number of ketones is 1. The number of thiophene rings is 1. The van der Waals surface area contributed by atoms with Gasteiger partial charge in [-0.2, -0.15) is 0 Å². The molecule has 0 aromatic carbocycles. The van der Waals surface area contributed by atoms with Gasteiger partial charge in [-0.1, -0.05) is 11.6 Å². The maximum atomic E-state index is 11.8. The Bertz CT molecular complexity index is 967. The van der Waals surface area contributed by atoms with E-state index in [9.17, 15) is 4.79 Å². The fourth-order valence-electron chi connectivity index (χ4n) is 2.52. The minimum absolute atomic E-state index is 0.0779. The number of carbonyl (C=O) groups is 1. The van der Waals surface area contributed by atoms with Gasteiger partial charge < -0.3 is 11.1 Å². The van der Waals surface area contributed by atoms with Gasteiger partial charge in [-0.15, -0.1) is 11.3 Å². The summed E-state index contributed by atoms with van der Waals surface area (Å²) in [4.78, 5) is 26.2. The highest BCUT2D eigenvalue weighted by molar-refractivity contribution is 7.21. The lowest BCUT2D eigenvalue weighted by molar-refractivity contribution is 0.102. The minimum Gasteiger partial charge on any atom is -0.397 e. The number of anilines is 2. The number of hydrogen-bond donors (Lipinski definition) is 2. The maximum absolute atomic E-state index is 11.8. The van der Waals surface area contributed by atoms with Crippen molar-refractivity contribution in [3.63, 3.8) is 0 Å². The van der Waals surface area contributed by atoms with Gasteiger partial charge in [0.15, 0.2) is 5.78 Å². The number of hydrogen-bond acceptors (Lipinski definition) is 7. The molecule has 0 unspecified atom stereocenters. The van der Waals surface area contributed by atoms with Crippen molar-refractivity contribution in [1.82, 2.24) is 15.0 Å². The van der Waals surface area contributed by atoms with Crippen molar-refractivity contribution in [2.45, 2.75) is 25.8 Å². The predicted octanol–water partition coefficient (Wildman–Crippen LogP) is 3.77. The zero-order valence-electron chi connectivity index (χ0n) is 12.8. The molecule has 0 amide bonds. The maximum Gasteiger partial charge on any atom is 0.224 e. The van der Waals surface area contributed by atoms with Crippen LogP contribution in [0.4, 0.5) is 11.6 Å². The third kappa shape index (κ3) is 2.70. The fraction of sp³-hybridized carbons (Fsp3) is 0.250. The van der Waals surface area contributed by atoms with Crippen molar-refractivity contribution in [2.75, 3.05) is 11.1 Å². The molecule has 24 heavy (non-hydrogen) atoms. The van der Waals surface area contributed by atoms with Gasteiger partial charge in [0.25, 0.3) is 0 Å². The Kier molecular flexibility index (Phi) is 3.62. The van der Waals surface area contributed by atoms with Crippen LogP contribution < -0.4 is 11.1 Å². The van der Waals surface area contributed by atoms with Crippen LogP contribution in [-0.4, -0.2) is 26.8 Å². The quantitative estimate of drug-likeness (QED) is 0.544. The van der Waals surface area contributed by atoms with Crippen molar-refractivity contribution in [2.24, 2.45) is 0 Å². The molecule has 3 heterocycles. The molecule has 1 fully saturated rings. The highest BCUT2D eigenvalue weighted by Gasteiger charge is 2.25. The first-order chi connectivity index (χ1) is 11.5. The number of pyridine rings is 1. The molecule has 0 bridgehead atoms. The molecule has 1 saturated carbocycles. The molecule has 0 saturated heterocycles. The predicted molar refractivity (Wildman–Crippen MR) is 96.7 cm³/mol. The smallest absolute Gasteiger partial charge is 0.224 e. The lowest BCUT2D eigenvalue weighted by atomic mass is 10.1. The molecule has 0 atom stereocenters. The van der Waals surface area contributed by atoms with Crippen molar-refractivity contribution in [3.05, 3.63) is 28.4 Å². The third-order valence-electron chi connectivity index (χ3n) is 3.82. The summed E-state index contributed by atoms with van der Waals surface area (Å²) in [7, 11) is 0. The van der Waals surface area contributed by atoms with E-state index in [0.717, 1.165) is 18.4 Å². The molecule has 122 valence electrons. The number of fused-ring (bicyclic) bond motifs is 1. The summed E-state index contributed by atoms with van der Waals surface area (Å²) in [6, 6.07) is 3.97. The third-order valence-corrected chi connectivity index (χ3v) is 5.23. The minimum atomic E-state index is -0.0779. The molecule has 1 aliphatic carbocycles. The molecular weight excluding hydrogens is 346 g/mol. The molecule has 3 N–H and O–H groups in total. The molecule has 0 spiro atoms. The van der Waals surface area contributed by atoms with Crippen LogP contribution in [0.15, 0.2) is 18.3 Å². The second-order valence-corrected chi connectivity index (χ2v) is 7.15. The van der Waals surface area contributed by atoms with Crippen molar-refractivity contribution < 1.29 is 4.79 Å². The summed E-state index contributed by atoms with van der Waals surface area (Å²) >= 11 is 7.32. The van der Waals surface area contributed by atoms with E-state index in [1.807, 2.05) is 6.07 Å². The van der Waals surface area contributed by atoms with E-state index < -0.39 is 0 Å². The Labute approximate surface area is 147 Å². The van der Waals surface area contributed by atoms with Crippen LogP contribution in [0.1, 0.15) is 29.4 Å². The van der Waals surface area contributed by atoms with E-state index in [1.54, 1.807) is 12.3 Å². The average molecular weight is 360 g/mol. The number of halogens is 1. The van der Waals surface area contributed by atoms with Gasteiger partial charge >= 0.3 is 0 Å². The SMILES string of the molecule is CC(=O)c1sc2nc(NC3CC3)nc(-c3ccnc(Cl)c3)c2c1N. The largest absolute Gasteiger partial charge is 0.397 e. The average Bonchev–Trinajstić information content (AvgIpc) is 3.28. The van der Waals surface area contributed by atoms with Crippen molar-refractivity contribution >= 4 is 50.6 Å². The van der Waals surface area contributed by atoms with Gasteiger partial charge in [0.2, 0.25) is 5.95 Å². The summed E-state index contributed by atoms with van der Waals surface area (Å²) in [5.41, 5.74) is 8.09. The first-order valence-electron chi connectivity index (χ1n) is 7.52. The van der Waals surface area contributed by atoms with Crippen LogP contribution in [0.2, 0.25) is 5.15 Å². The Hall–Kier alpha value is -2.25. The normalized spacial score (nSPS) is 14.1.